The van der Waals surface area contributed by atoms with Crippen LogP contribution in [-0.2, 0) is 10.0 Å². The van der Waals surface area contributed by atoms with Gasteiger partial charge in [0.15, 0.2) is 11.4 Å². The summed E-state index contributed by atoms with van der Waals surface area (Å²) in [6, 6.07) is 7.32. The number of rotatable bonds is 6. The molecule has 0 saturated carbocycles. The first-order valence-electron chi connectivity index (χ1n) is 6.76. The summed E-state index contributed by atoms with van der Waals surface area (Å²) < 4.78 is 24.8. The summed E-state index contributed by atoms with van der Waals surface area (Å²) in [7, 11) is -4.15. The van der Waals surface area contributed by atoms with Crippen LogP contribution in [0.25, 0.3) is 0 Å². The molecule has 0 aromatic heterocycles. The van der Waals surface area contributed by atoms with Crippen molar-refractivity contribution in [3.8, 4) is 5.75 Å². The van der Waals surface area contributed by atoms with Gasteiger partial charge >= 0.3 is 0 Å². The van der Waals surface area contributed by atoms with Gasteiger partial charge in [0.1, 0.15) is 0 Å². The maximum Gasteiger partial charge on any atom is 0.276 e. The Morgan fingerprint density at radius 1 is 1.15 bits per heavy atom. The fourth-order valence-electron chi connectivity index (χ4n) is 1.90. The predicted molar refractivity (Wildman–Crippen MR) is 96.7 cm³/mol. The molecule has 0 saturated heterocycles. The number of phenolic OH excluding ortho intramolecular Hbond substituents is 1. The summed E-state index contributed by atoms with van der Waals surface area (Å²) in [4.78, 5) is 1.56. The summed E-state index contributed by atoms with van der Waals surface area (Å²) >= 11 is 1.84. The van der Waals surface area contributed by atoms with Crippen molar-refractivity contribution in [3.63, 3.8) is 0 Å². The van der Waals surface area contributed by atoms with E-state index in [9.17, 15) is 23.9 Å². The van der Waals surface area contributed by atoms with E-state index in [1.54, 1.807) is 0 Å². The molecule has 2 aromatic rings. The van der Waals surface area contributed by atoms with Gasteiger partial charge < -0.3 is 15.5 Å². The molecule has 0 spiro atoms. The van der Waals surface area contributed by atoms with Gasteiger partial charge in [-0.1, -0.05) is 6.07 Å². The molecule has 2 rings (SSSR count). The van der Waals surface area contributed by atoms with Crippen LogP contribution in [0.2, 0.25) is 0 Å². The van der Waals surface area contributed by atoms with Crippen molar-refractivity contribution in [1.82, 2.24) is 4.83 Å². The zero-order valence-corrected chi connectivity index (χ0v) is 15.7. The molecule has 2 atom stereocenters. The smallest absolute Gasteiger partial charge is 0.276 e. The van der Waals surface area contributed by atoms with E-state index in [0.717, 1.165) is 12.3 Å². The van der Waals surface area contributed by atoms with E-state index in [0.29, 0.717) is 3.57 Å². The highest BCUT2D eigenvalue weighted by atomic mass is 127. The van der Waals surface area contributed by atoms with Gasteiger partial charge in [-0.05, 0) is 34.7 Å². The summed E-state index contributed by atoms with van der Waals surface area (Å²) in [5.74, 6) is -0.561. The zero-order valence-electron chi connectivity index (χ0n) is 12.7. The Hall–Kier alpha value is -1.85. The van der Waals surface area contributed by atoms with Crippen LogP contribution in [0.5, 0.6) is 5.75 Å². The fraction of sp³-hybridized carbons (Fsp3) is 0. The second kappa shape index (κ2) is 8.23. The molecular formula is C13H13IN4O7S. The molecule has 13 heteroatoms. The molecule has 0 aliphatic rings. The van der Waals surface area contributed by atoms with Crippen LogP contribution in [0, 0.1) is 14.0 Å². The normalized spacial score (nSPS) is 14.3. The van der Waals surface area contributed by atoms with Crippen molar-refractivity contribution >= 4 is 50.2 Å². The Morgan fingerprint density at radius 3 is 2.46 bits per heavy atom. The van der Waals surface area contributed by atoms with E-state index in [1.807, 2.05) is 27.4 Å². The van der Waals surface area contributed by atoms with Gasteiger partial charge in [-0.2, -0.15) is 24.0 Å². The van der Waals surface area contributed by atoms with Crippen LogP contribution < -0.4 is 15.3 Å². The van der Waals surface area contributed by atoms with E-state index in [-0.39, 0.29) is 21.8 Å². The minimum atomic E-state index is -4.15. The lowest BCUT2D eigenvalue weighted by Gasteiger charge is -2.14. The molecule has 0 aliphatic heterocycles. The predicted octanol–water partition coefficient (Wildman–Crippen LogP) is -0.884. The number of phenols is 1. The maximum absolute atomic E-state index is 12.1. The van der Waals surface area contributed by atoms with Gasteiger partial charge in [-0.3, -0.25) is 0 Å². The van der Waals surface area contributed by atoms with Crippen molar-refractivity contribution in [1.29, 1.82) is 0 Å². The minimum Gasteiger partial charge on any atom is -0.595 e. The standard InChI is InChI=1S/C13H13IN4O7S/c14-9-4-8(13(19)12(5-9)18(22)23)7-15-16-26(24,25)11-3-1-2-10(6-11)17(20)21/h1-7,16-20,22H/b15-7+. The van der Waals surface area contributed by atoms with Crippen LogP contribution in [0.4, 0.5) is 11.4 Å². The van der Waals surface area contributed by atoms with Gasteiger partial charge in [0.2, 0.25) is 5.69 Å². The van der Waals surface area contributed by atoms with Crippen molar-refractivity contribution in [3.05, 3.63) is 55.9 Å². The lowest BCUT2D eigenvalue weighted by molar-refractivity contribution is -0.991. The number of sulfonamides is 1. The molecule has 0 aliphatic carbocycles. The van der Waals surface area contributed by atoms with E-state index in [1.165, 1.54) is 30.3 Å². The fourth-order valence-corrected chi connectivity index (χ4v) is 3.38. The van der Waals surface area contributed by atoms with Crippen LogP contribution in [0.1, 0.15) is 5.56 Å². The Bertz CT molecular complexity index is 934. The number of benzene rings is 2. The molecule has 140 valence electrons. The van der Waals surface area contributed by atoms with E-state index >= 15 is 0 Å². The molecule has 0 bridgehead atoms. The Balaban J connectivity index is 2.26. The first kappa shape index (κ1) is 20.5. The Morgan fingerprint density at radius 2 is 1.85 bits per heavy atom. The largest absolute Gasteiger partial charge is 0.595 e. The highest BCUT2D eigenvalue weighted by molar-refractivity contribution is 14.1. The van der Waals surface area contributed by atoms with E-state index in [4.69, 9.17) is 10.4 Å². The second-order valence-electron chi connectivity index (χ2n) is 4.88. The van der Waals surface area contributed by atoms with Crippen LogP contribution in [0.15, 0.2) is 46.4 Å². The molecule has 0 fully saturated rings. The van der Waals surface area contributed by atoms with E-state index in [2.05, 4.69) is 5.10 Å². The summed E-state index contributed by atoms with van der Waals surface area (Å²) in [5.41, 5.74) is -0.565. The number of quaternary nitrogens is 2. The third-order valence-corrected chi connectivity index (χ3v) is 4.95. The number of halogens is 1. The molecule has 2 unspecified atom stereocenters. The lowest BCUT2D eigenvalue weighted by atomic mass is 10.2. The number of nitrogens with one attached hydrogen (secondary N) is 3. The minimum absolute atomic E-state index is 0.00344. The molecule has 2 aromatic carbocycles. The molecule has 0 heterocycles. The van der Waals surface area contributed by atoms with Gasteiger partial charge in [-0.15, -0.1) is 0 Å². The third kappa shape index (κ3) is 4.86. The summed E-state index contributed by atoms with van der Waals surface area (Å²) in [6.07, 6.45) is 0.947. The first-order chi connectivity index (χ1) is 12.1. The third-order valence-electron chi connectivity index (χ3n) is 3.10. The average molecular weight is 496 g/mol. The highest BCUT2D eigenvalue weighted by Crippen LogP contribution is 2.26. The Labute approximate surface area is 161 Å². The molecular weight excluding hydrogens is 483 g/mol. The number of aromatic hydroxyl groups is 1. The Kier molecular flexibility index (Phi) is 6.48. The number of hydrogen-bond donors (Lipinski definition) is 6. The monoisotopic (exact) mass is 496 g/mol. The van der Waals surface area contributed by atoms with Crippen molar-refractivity contribution < 1.29 is 34.4 Å². The molecule has 6 N–H and O–H groups in total. The topological polar surface area (TPSA) is 174 Å². The number of hydrazone groups is 1. The average Bonchev–Trinajstić information content (AvgIpc) is 2.57. The lowest BCUT2D eigenvalue weighted by Crippen LogP contribution is -2.99. The zero-order chi connectivity index (χ0) is 19.5. The van der Waals surface area contributed by atoms with Crippen LogP contribution in [0.3, 0.4) is 0 Å². The van der Waals surface area contributed by atoms with Crippen LogP contribution in [-0.4, -0.2) is 30.2 Å². The molecule has 0 amide bonds. The molecule has 0 radical (unpaired) electrons. The first-order valence-corrected chi connectivity index (χ1v) is 9.32. The van der Waals surface area contributed by atoms with E-state index < -0.39 is 26.2 Å². The SMILES string of the molecule is O=S(=O)(N/N=C/c1cc(I)cc([NH+]([O-])O)c1O)c1cccc([NH+]([O-])O)c1. The van der Waals surface area contributed by atoms with Crippen molar-refractivity contribution in [2.75, 3.05) is 0 Å². The van der Waals surface area contributed by atoms with Gasteiger partial charge in [0.05, 0.1) is 11.1 Å². The summed E-state index contributed by atoms with van der Waals surface area (Å²) in [6.45, 7) is 0. The molecule has 26 heavy (non-hydrogen) atoms. The van der Waals surface area contributed by atoms with Crippen molar-refractivity contribution in [2.45, 2.75) is 4.90 Å². The maximum atomic E-state index is 12.1. The quantitative estimate of drug-likeness (QED) is 0.130. The van der Waals surface area contributed by atoms with Crippen molar-refractivity contribution in [2.24, 2.45) is 5.10 Å². The van der Waals surface area contributed by atoms with Gasteiger partial charge in [-0.25, -0.2) is 15.2 Å². The highest BCUT2D eigenvalue weighted by Gasteiger charge is 2.16. The molecule has 11 nitrogen and oxygen atoms in total. The van der Waals surface area contributed by atoms with Crippen LogP contribution >= 0.6 is 22.6 Å². The second-order valence-corrected chi connectivity index (χ2v) is 7.79. The summed E-state index contributed by atoms with van der Waals surface area (Å²) in [5, 5.41) is 50.7. The number of hydrogen-bond acceptors (Lipinski definition) is 8. The number of nitrogens with zero attached hydrogens (tertiary/aromatic N) is 1. The van der Waals surface area contributed by atoms with Gasteiger partial charge in [0.25, 0.3) is 10.0 Å². The van der Waals surface area contributed by atoms with Gasteiger partial charge in [0, 0.05) is 27.3 Å².